The molecule has 2 aliphatic carbocycles. The zero-order valence-electron chi connectivity index (χ0n) is 34.2. The van der Waals surface area contributed by atoms with Crippen LogP contribution >= 0.6 is 0 Å². The third-order valence-corrected chi connectivity index (χ3v) is 13.2. The molecule has 0 heterocycles. The lowest BCUT2D eigenvalue weighted by atomic mass is 9.81. The summed E-state index contributed by atoms with van der Waals surface area (Å²) in [5.74, 6) is 0. The molecular formula is C56H48N2. The van der Waals surface area contributed by atoms with Crippen LogP contribution in [0.1, 0.15) is 49.9 Å². The number of hydrogen-bond donors (Lipinski definition) is 0. The SMILES string of the molecule is CN(c1ccc(-c2ccc(-c3ccccc3N(C)c3ccc4c(c3)C(C)(C)c3ccccc3-4)cc2)cc1)c1ccc2c(c1)C(C)(C)c1cc(-c3ccccc3)ccc1-2. The van der Waals surface area contributed by atoms with E-state index in [9.17, 15) is 0 Å². The van der Waals surface area contributed by atoms with E-state index in [0.717, 1.165) is 5.69 Å². The van der Waals surface area contributed by atoms with E-state index in [-0.39, 0.29) is 10.8 Å². The van der Waals surface area contributed by atoms with Gasteiger partial charge in [0.05, 0.1) is 0 Å². The molecule has 0 bridgehead atoms. The van der Waals surface area contributed by atoms with Gasteiger partial charge in [-0.05, 0) is 121 Å². The fraction of sp³-hybridized carbons (Fsp3) is 0.143. The summed E-state index contributed by atoms with van der Waals surface area (Å²) in [6, 6.07) is 67.2. The van der Waals surface area contributed by atoms with Crippen molar-refractivity contribution in [3.05, 3.63) is 204 Å². The van der Waals surface area contributed by atoms with Gasteiger partial charge in [-0.25, -0.2) is 0 Å². The lowest BCUT2D eigenvalue weighted by Crippen LogP contribution is -2.16. The van der Waals surface area contributed by atoms with Crippen molar-refractivity contribution < 1.29 is 0 Å². The largest absolute Gasteiger partial charge is 0.345 e. The molecule has 0 saturated heterocycles. The third-order valence-electron chi connectivity index (χ3n) is 13.2. The van der Waals surface area contributed by atoms with Crippen LogP contribution in [0, 0.1) is 0 Å². The molecule has 8 aromatic rings. The van der Waals surface area contributed by atoms with Crippen molar-refractivity contribution in [2.75, 3.05) is 23.9 Å². The molecule has 10 rings (SSSR count). The highest BCUT2D eigenvalue weighted by atomic mass is 15.1. The second-order valence-corrected chi connectivity index (χ2v) is 17.1. The number of benzene rings is 8. The Morgan fingerprint density at radius 2 is 0.707 bits per heavy atom. The predicted octanol–water partition coefficient (Wildman–Crippen LogP) is 14.8. The highest BCUT2D eigenvalue weighted by molar-refractivity contribution is 5.88. The van der Waals surface area contributed by atoms with Crippen molar-refractivity contribution in [1.29, 1.82) is 0 Å². The van der Waals surface area contributed by atoms with E-state index in [4.69, 9.17) is 0 Å². The average Bonchev–Trinajstić information content (AvgIpc) is 3.64. The van der Waals surface area contributed by atoms with Gasteiger partial charge in [0.15, 0.2) is 0 Å². The van der Waals surface area contributed by atoms with E-state index in [1.807, 2.05) is 0 Å². The molecule has 282 valence electrons. The second-order valence-electron chi connectivity index (χ2n) is 17.1. The molecule has 2 aliphatic rings. The molecule has 0 fully saturated rings. The van der Waals surface area contributed by atoms with Crippen molar-refractivity contribution in [3.63, 3.8) is 0 Å². The number of para-hydroxylation sites is 1. The molecule has 2 nitrogen and oxygen atoms in total. The minimum Gasteiger partial charge on any atom is -0.345 e. The van der Waals surface area contributed by atoms with E-state index in [0.29, 0.717) is 0 Å². The lowest BCUT2D eigenvalue weighted by Gasteiger charge is -2.26. The molecule has 58 heavy (non-hydrogen) atoms. The fourth-order valence-electron chi connectivity index (χ4n) is 9.66. The fourth-order valence-corrected chi connectivity index (χ4v) is 9.66. The van der Waals surface area contributed by atoms with Crippen LogP contribution in [0.25, 0.3) is 55.6 Å². The number of hydrogen-bond acceptors (Lipinski definition) is 2. The minimum atomic E-state index is -0.0930. The molecular weight excluding hydrogens is 701 g/mol. The maximum atomic E-state index is 2.39. The van der Waals surface area contributed by atoms with Crippen LogP contribution in [0.2, 0.25) is 0 Å². The summed E-state index contributed by atoms with van der Waals surface area (Å²) in [5.41, 5.74) is 22.9. The third kappa shape index (κ3) is 5.70. The van der Waals surface area contributed by atoms with Crippen LogP contribution < -0.4 is 9.80 Å². The van der Waals surface area contributed by atoms with Crippen LogP contribution in [0.4, 0.5) is 22.7 Å². The van der Waals surface area contributed by atoms with Crippen LogP contribution in [0.15, 0.2) is 182 Å². The average molecular weight is 749 g/mol. The molecule has 0 unspecified atom stereocenters. The van der Waals surface area contributed by atoms with Gasteiger partial charge in [-0.3, -0.25) is 0 Å². The molecule has 0 amide bonds. The van der Waals surface area contributed by atoms with E-state index >= 15 is 0 Å². The molecule has 8 aromatic carbocycles. The zero-order valence-corrected chi connectivity index (χ0v) is 34.2. The van der Waals surface area contributed by atoms with Gasteiger partial charge in [-0.1, -0.05) is 161 Å². The molecule has 0 aliphatic heterocycles. The standard InChI is InChI=1S/C56H48N2/c1-55(2)50-18-12-10-17-46(50)48-33-30-44(36-52(48)55)58(6)54-19-13-11-16-45(54)40-22-20-38(21-23-40)39-24-27-42(28-25-39)57(5)43-29-32-49-47-31-26-41(37-14-8-7-9-15-37)34-51(47)56(3,4)53(49)35-43/h7-36H,1-6H3. The predicted molar refractivity (Wildman–Crippen MR) is 247 cm³/mol. The van der Waals surface area contributed by atoms with Crippen molar-refractivity contribution >= 4 is 22.7 Å². The maximum absolute atomic E-state index is 2.39. The second kappa shape index (κ2) is 13.5. The Hall–Kier alpha value is -6.64. The monoisotopic (exact) mass is 748 g/mol. The Morgan fingerprint density at radius 1 is 0.293 bits per heavy atom. The molecule has 0 atom stereocenters. The minimum absolute atomic E-state index is 0.0358. The first-order valence-corrected chi connectivity index (χ1v) is 20.5. The van der Waals surface area contributed by atoms with Crippen molar-refractivity contribution in [3.8, 4) is 55.6 Å². The first kappa shape index (κ1) is 35.8. The number of nitrogens with zero attached hydrogens (tertiary/aromatic N) is 2. The van der Waals surface area contributed by atoms with Gasteiger partial charge in [0.2, 0.25) is 0 Å². The molecule has 0 radical (unpaired) electrons. The first-order valence-electron chi connectivity index (χ1n) is 20.5. The first-order chi connectivity index (χ1) is 28.1. The van der Waals surface area contributed by atoms with Crippen molar-refractivity contribution in [1.82, 2.24) is 0 Å². The zero-order chi connectivity index (χ0) is 39.8. The number of anilines is 4. The Morgan fingerprint density at radius 3 is 1.36 bits per heavy atom. The Balaban J connectivity index is 0.875. The van der Waals surface area contributed by atoms with Crippen molar-refractivity contribution in [2.24, 2.45) is 0 Å². The highest BCUT2D eigenvalue weighted by Gasteiger charge is 2.37. The summed E-state index contributed by atoms with van der Waals surface area (Å²) in [7, 11) is 4.36. The topological polar surface area (TPSA) is 6.48 Å². The van der Waals surface area contributed by atoms with Gasteiger partial charge in [0.25, 0.3) is 0 Å². The Bertz CT molecular complexity index is 2840. The van der Waals surface area contributed by atoms with Crippen LogP contribution in [0.5, 0.6) is 0 Å². The van der Waals surface area contributed by atoms with Gasteiger partial charge in [-0.15, -0.1) is 0 Å². The van der Waals surface area contributed by atoms with E-state index in [2.05, 4.69) is 234 Å². The summed E-state index contributed by atoms with van der Waals surface area (Å²) in [5, 5.41) is 0. The lowest BCUT2D eigenvalue weighted by molar-refractivity contribution is 0.660. The Kier molecular flexibility index (Phi) is 8.32. The Labute approximate surface area is 343 Å². The molecule has 0 saturated carbocycles. The van der Waals surface area contributed by atoms with Gasteiger partial charge in [0, 0.05) is 53.2 Å². The molecule has 0 aromatic heterocycles. The van der Waals surface area contributed by atoms with Crippen LogP contribution in [-0.2, 0) is 10.8 Å². The molecule has 2 heteroatoms. The number of rotatable bonds is 7. The maximum Gasteiger partial charge on any atom is 0.0487 e. The summed E-state index contributed by atoms with van der Waals surface area (Å²) in [4.78, 5) is 4.64. The summed E-state index contributed by atoms with van der Waals surface area (Å²) < 4.78 is 0. The highest BCUT2D eigenvalue weighted by Crippen LogP contribution is 2.52. The normalized spacial score (nSPS) is 14.0. The summed E-state index contributed by atoms with van der Waals surface area (Å²) in [6.45, 7) is 9.41. The van der Waals surface area contributed by atoms with E-state index in [1.54, 1.807) is 0 Å². The number of fused-ring (bicyclic) bond motifs is 6. The quantitative estimate of drug-likeness (QED) is 0.160. The van der Waals surface area contributed by atoms with Crippen molar-refractivity contribution in [2.45, 2.75) is 38.5 Å². The van der Waals surface area contributed by atoms with Gasteiger partial charge < -0.3 is 9.80 Å². The summed E-state index contributed by atoms with van der Waals surface area (Å²) in [6.07, 6.45) is 0. The van der Waals surface area contributed by atoms with Crippen LogP contribution in [0.3, 0.4) is 0 Å². The summed E-state index contributed by atoms with van der Waals surface area (Å²) >= 11 is 0. The van der Waals surface area contributed by atoms with Gasteiger partial charge in [-0.2, -0.15) is 0 Å². The smallest absolute Gasteiger partial charge is 0.0487 e. The van der Waals surface area contributed by atoms with Gasteiger partial charge >= 0.3 is 0 Å². The molecule has 0 N–H and O–H groups in total. The van der Waals surface area contributed by atoms with E-state index < -0.39 is 0 Å². The van der Waals surface area contributed by atoms with Crippen LogP contribution in [-0.4, -0.2) is 14.1 Å². The van der Waals surface area contributed by atoms with E-state index in [1.165, 1.54) is 95.0 Å². The van der Waals surface area contributed by atoms with Gasteiger partial charge in [0.1, 0.15) is 0 Å². The molecule has 0 spiro atoms.